The zero-order valence-electron chi connectivity index (χ0n) is 10.9. The molecule has 0 bridgehead atoms. The summed E-state index contributed by atoms with van der Waals surface area (Å²) in [5, 5.41) is 10.9. The fourth-order valence-corrected chi connectivity index (χ4v) is 3.71. The maximum Gasteiger partial charge on any atom is 0.289 e. The molecule has 8 heteroatoms. The molecule has 6 nitrogen and oxygen atoms in total. The summed E-state index contributed by atoms with van der Waals surface area (Å²) < 4.78 is 27.6. The number of benzene rings is 2. The monoisotopic (exact) mass is 370 g/mol. The minimum atomic E-state index is -4.05. The lowest BCUT2D eigenvalue weighted by Gasteiger charge is -2.10. The molecule has 0 unspecified atom stereocenters. The topological polar surface area (TPSA) is 89.3 Å². The first-order chi connectivity index (χ1) is 9.81. The van der Waals surface area contributed by atoms with E-state index in [0.29, 0.717) is 10.2 Å². The van der Waals surface area contributed by atoms with Gasteiger partial charge in [0.2, 0.25) is 0 Å². The molecule has 0 atom stereocenters. The number of para-hydroxylation sites is 1. The van der Waals surface area contributed by atoms with Gasteiger partial charge in [0.05, 0.1) is 10.6 Å². The average molecular weight is 371 g/mol. The lowest BCUT2D eigenvalue weighted by molar-refractivity contribution is -0.387. The molecule has 0 aliphatic rings. The molecular formula is C13H11BrN2O4S. The van der Waals surface area contributed by atoms with E-state index in [1.54, 1.807) is 18.2 Å². The van der Waals surface area contributed by atoms with Crippen molar-refractivity contribution in [1.82, 2.24) is 0 Å². The fraction of sp³-hybridized carbons (Fsp3) is 0.0769. The molecule has 110 valence electrons. The Kier molecular flexibility index (Phi) is 4.29. The highest BCUT2D eigenvalue weighted by Gasteiger charge is 2.25. The van der Waals surface area contributed by atoms with Gasteiger partial charge in [0, 0.05) is 10.5 Å². The highest BCUT2D eigenvalue weighted by Crippen LogP contribution is 2.29. The number of sulfonamides is 1. The van der Waals surface area contributed by atoms with Gasteiger partial charge < -0.3 is 0 Å². The van der Waals surface area contributed by atoms with E-state index in [1.165, 1.54) is 18.2 Å². The lowest BCUT2D eigenvalue weighted by atomic mass is 10.2. The number of anilines is 1. The molecule has 2 aromatic rings. The molecule has 0 saturated carbocycles. The quantitative estimate of drug-likeness (QED) is 0.658. The molecule has 0 saturated heterocycles. The van der Waals surface area contributed by atoms with E-state index in [2.05, 4.69) is 20.7 Å². The first kappa shape index (κ1) is 15.5. The number of nitro benzene ring substituents is 1. The normalized spacial score (nSPS) is 11.1. The summed E-state index contributed by atoms with van der Waals surface area (Å²) in [6.07, 6.45) is 0. The number of nitro groups is 1. The van der Waals surface area contributed by atoms with Crippen molar-refractivity contribution < 1.29 is 13.3 Å². The smallest absolute Gasteiger partial charge is 0.278 e. The van der Waals surface area contributed by atoms with Gasteiger partial charge in [-0.25, -0.2) is 8.42 Å². The average Bonchev–Trinajstić information content (AvgIpc) is 2.42. The van der Waals surface area contributed by atoms with E-state index in [9.17, 15) is 18.5 Å². The van der Waals surface area contributed by atoms with Crippen molar-refractivity contribution in [3.05, 3.63) is 62.6 Å². The van der Waals surface area contributed by atoms with Gasteiger partial charge in [0.1, 0.15) is 0 Å². The molecule has 0 fully saturated rings. The lowest BCUT2D eigenvalue weighted by Crippen LogP contribution is -2.15. The molecule has 21 heavy (non-hydrogen) atoms. The van der Waals surface area contributed by atoms with Gasteiger partial charge in [-0.1, -0.05) is 18.2 Å². The molecule has 0 heterocycles. The predicted molar refractivity (Wildman–Crippen MR) is 82.8 cm³/mol. The van der Waals surface area contributed by atoms with Crippen LogP contribution in [0.3, 0.4) is 0 Å². The van der Waals surface area contributed by atoms with Crippen LogP contribution in [-0.2, 0) is 10.0 Å². The third kappa shape index (κ3) is 3.40. The molecule has 0 aliphatic carbocycles. The summed E-state index contributed by atoms with van der Waals surface area (Å²) in [4.78, 5) is 9.84. The van der Waals surface area contributed by atoms with Crippen LogP contribution in [0.1, 0.15) is 5.56 Å². The Hall–Kier alpha value is -1.93. The molecule has 0 amide bonds. The highest BCUT2D eigenvalue weighted by molar-refractivity contribution is 9.10. The highest BCUT2D eigenvalue weighted by atomic mass is 79.9. The Morgan fingerprint density at radius 1 is 1.19 bits per heavy atom. The zero-order chi connectivity index (χ0) is 15.6. The van der Waals surface area contributed by atoms with Gasteiger partial charge >= 0.3 is 0 Å². The third-order valence-corrected chi connectivity index (χ3v) is 4.79. The number of hydrogen-bond donors (Lipinski definition) is 1. The van der Waals surface area contributed by atoms with Crippen LogP contribution in [0.25, 0.3) is 0 Å². The van der Waals surface area contributed by atoms with Crippen LogP contribution in [0.15, 0.2) is 51.8 Å². The standard InChI is InChI=1S/C13H11BrN2O4S/c1-9-6-7-11(10(14)8-9)15-21(19,20)13-5-3-2-4-12(13)16(17)18/h2-8,15H,1H3. The Morgan fingerprint density at radius 3 is 2.48 bits per heavy atom. The predicted octanol–water partition coefficient (Wildman–Crippen LogP) is 3.47. The molecular weight excluding hydrogens is 360 g/mol. The number of aryl methyl sites for hydroxylation is 1. The summed E-state index contributed by atoms with van der Waals surface area (Å²) >= 11 is 3.26. The van der Waals surface area contributed by atoms with Gasteiger partial charge in [-0.2, -0.15) is 0 Å². The Morgan fingerprint density at radius 2 is 1.86 bits per heavy atom. The number of nitrogens with one attached hydrogen (secondary N) is 1. The van der Waals surface area contributed by atoms with E-state index in [1.807, 2.05) is 6.92 Å². The Balaban J connectivity index is 2.46. The van der Waals surface area contributed by atoms with Gasteiger partial charge in [-0.15, -0.1) is 0 Å². The van der Waals surface area contributed by atoms with Crippen LogP contribution < -0.4 is 4.72 Å². The largest absolute Gasteiger partial charge is 0.289 e. The summed E-state index contributed by atoms with van der Waals surface area (Å²) in [7, 11) is -4.05. The van der Waals surface area contributed by atoms with Crippen molar-refractivity contribution in [2.24, 2.45) is 0 Å². The maximum atomic E-state index is 12.3. The number of nitrogens with zero attached hydrogens (tertiary/aromatic N) is 1. The third-order valence-electron chi connectivity index (χ3n) is 2.72. The van der Waals surface area contributed by atoms with Crippen molar-refractivity contribution >= 4 is 37.3 Å². The van der Waals surface area contributed by atoms with Gasteiger partial charge in [0.15, 0.2) is 4.90 Å². The van der Waals surface area contributed by atoms with Gasteiger partial charge in [0.25, 0.3) is 15.7 Å². The molecule has 0 aromatic heterocycles. The molecule has 0 aliphatic heterocycles. The second-order valence-electron chi connectivity index (χ2n) is 4.31. The van der Waals surface area contributed by atoms with Crippen molar-refractivity contribution in [3.8, 4) is 0 Å². The second kappa shape index (κ2) is 5.82. The van der Waals surface area contributed by atoms with E-state index >= 15 is 0 Å². The summed E-state index contributed by atoms with van der Waals surface area (Å²) in [5.74, 6) is 0. The Bertz CT molecular complexity index is 806. The minimum absolute atomic E-state index is 0.318. The molecule has 0 spiro atoms. The van der Waals surface area contributed by atoms with E-state index in [-0.39, 0.29) is 4.90 Å². The summed E-state index contributed by atoms with van der Waals surface area (Å²) in [5.41, 5.74) is 0.808. The van der Waals surface area contributed by atoms with Crippen LogP contribution in [0.5, 0.6) is 0 Å². The second-order valence-corrected chi connectivity index (χ2v) is 6.82. The van der Waals surface area contributed by atoms with E-state index in [4.69, 9.17) is 0 Å². The molecule has 2 rings (SSSR count). The molecule has 1 N–H and O–H groups in total. The first-order valence-corrected chi connectivity index (χ1v) is 8.11. The van der Waals surface area contributed by atoms with E-state index < -0.39 is 20.6 Å². The summed E-state index contributed by atoms with van der Waals surface area (Å²) in [6, 6.07) is 10.3. The van der Waals surface area contributed by atoms with Crippen LogP contribution in [0.2, 0.25) is 0 Å². The van der Waals surface area contributed by atoms with Crippen LogP contribution >= 0.6 is 15.9 Å². The summed E-state index contributed by atoms with van der Waals surface area (Å²) in [6.45, 7) is 1.87. The van der Waals surface area contributed by atoms with Gasteiger partial charge in [-0.3, -0.25) is 14.8 Å². The van der Waals surface area contributed by atoms with Crippen LogP contribution in [-0.4, -0.2) is 13.3 Å². The minimum Gasteiger partial charge on any atom is -0.278 e. The molecule has 0 radical (unpaired) electrons. The Labute approximate surface area is 130 Å². The van der Waals surface area contributed by atoms with Crippen molar-refractivity contribution in [2.45, 2.75) is 11.8 Å². The number of rotatable bonds is 4. The van der Waals surface area contributed by atoms with Crippen molar-refractivity contribution in [3.63, 3.8) is 0 Å². The zero-order valence-corrected chi connectivity index (χ0v) is 13.3. The SMILES string of the molecule is Cc1ccc(NS(=O)(=O)c2ccccc2[N+](=O)[O-])c(Br)c1. The van der Waals surface area contributed by atoms with Crippen molar-refractivity contribution in [2.75, 3.05) is 4.72 Å². The van der Waals surface area contributed by atoms with Crippen LogP contribution in [0.4, 0.5) is 11.4 Å². The maximum absolute atomic E-state index is 12.3. The van der Waals surface area contributed by atoms with Crippen LogP contribution in [0, 0.1) is 17.0 Å². The first-order valence-electron chi connectivity index (χ1n) is 5.83. The van der Waals surface area contributed by atoms with E-state index in [0.717, 1.165) is 11.6 Å². The van der Waals surface area contributed by atoms with Crippen molar-refractivity contribution in [1.29, 1.82) is 0 Å². The van der Waals surface area contributed by atoms with Gasteiger partial charge in [-0.05, 0) is 46.6 Å². The number of hydrogen-bond acceptors (Lipinski definition) is 4. The fourth-order valence-electron chi connectivity index (χ4n) is 1.74. The number of halogens is 1. The molecule has 2 aromatic carbocycles.